The molecule has 5 rings (SSSR count). The first kappa shape index (κ1) is 14.5. The van der Waals surface area contributed by atoms with Crippen LogP contribution in [-0.2, 0) is 42.5 Å². The summed E-state index contributed by atoms with van der Waals surface area (Å²) in [5, 5.41) is -1.33. The Morgan fingerprint density at radius 2 is 1.67 bits per heavy atom. The molecule has 0 bridgehead atoms. The molecule has 48 heavy (non-hydrogen) atoms. The number of halogens is 4. The molecule has 0 radical (unpaired) electrons. The maximum absolute atomic E-state index is 15.2. The summed E-state index contributed by atoms with van der Waals surface area (Å²) >= 11 is -0.462. The molecule has 1 aliphatic rings. The Morgan fingerprint density at radius 1 is 1.00 bits per heavy atom. The van der Waals surface area contributed by atoms with Gasteiger partial charge in [0.15, 0.2) is 5.16 Å². The highest BCUT2D eigenvalue weighted by atomic mass is 32.2. The number of nitrogens with zero attached hydrogens (tertiary/aromatic N) is 4. The summed E-state index contributed by atoms with van der Waals surface area (Å²) in [4.78, 5) is 31.8. The van der Waals surface area contributed by atoms with Crippen LogP contribution in [0.25, 0.3) is 11.1 Å². The highest BCUT2D eigenvalue weighted by Gasteiger charge is 2.32. The Bertz CT molecular complexity index is 3020. The number of rotatable bonds is 13. The first-order valence-electron chi connectivity index (χ1n) is 26.9. The predicted molar refractivity (Wildman–Crippen MR) is 181 cm³/mol. The molecule has 1 aliphatic carbocycles. The largest absolute Gasteiger partial charge is 0.416 e. The molecule has 3 aromatic carbocycles. The molecule has 0 saturated heterocycles. The van der Waals surface area contributed by atoms with Crippen LogP contribution in [0.3, 0.4) is 0 Å². The molecule has 4 aromatic rings. The summed E-state index contributed by atoms with van der Waals surface area (Å²) in [6.07, 6.45) is -16.7. The van der Waals surface area contributed by atoms with Crippen LogP contribution in [0, 0.1) is 12.7 Å². The van der Waals surface area contributed by atoms with Gasteiger partial charge in [-0.15, -0.1) is 0 Å². The molecule has 0 unspecified atom stereocenters. The second kappa shape index (κ2) is 15.5. The van der Waals surface area contributed by atoms with E-state index in [1.54, 1.807) is 0 Å². The number of hydrogen-bond acceptors (Lipinski definition) is 5. The molecular formula is C37H40F4N4O2S. The Morgan fingerprint density at radius 3 is 2.33 bits per heavy atom. The van der Waals surface area contributed by atoms with Crippen LogP contribution >= 0.6 is 11.8 Å². The number of thioether (sulfide) groups is 1. The zero-order valence-electron chi connectivity index (χ0n) is 51.9. The van der Waals surface area contributed by atoms with E-state index in [9.17, 15) is 25.1 Å². The summed E-state index contributed by atoms with van der Waals surface area (Å²) < 4.78 is 288. The van der Waals surface area contributed by atoms with Gasteiger partial charge in [-0.2, -0.15) is 18.2 Å². The lowest BCUT2D eigenvalue weighted by molar-refractivity contribution is -0.138. The Labute approximate surface area is 320 Å². The van der Waals surface area contributed by atoms with E-state index in [2.05, 4.69) is 4.98 Å². The molecule has 0 atom stereocenters. The van der Waals surface area contributed by atoms with Gasteiger partial charge in [0.2, 0.25) is 5.91 Å². The first-order valence-corrected chi connectivity index (χ1v) is 14.2. The van der Waals surface area contributed by atoms with Crippen LogP contribution in [0.1, 0.15) is 90.7 Å². The molecule has 1 heterocycles. The predicted octanol–water partition coefficient (Wildman–Crippen LogP) is 7.53. The van der Waals surface area contributed by atoms with Gasteiger partial charge in [-0.25, -0.2) is 4.39 Å². The molecule has 1 amide bonds. The van der Waals surface area contributed by atoms with Crippen molar-refractivity contribution >= 4 is 17.7 Å². The lowest BCUT2D eigenvalue weighted by Crippen LogP contribution is -2.40. The fraction of sp³-hybridized carbons (Fsp3) is 0.378. The van der Waals surface area contributed by atoms with E-state index in [4.69, 9.17) is 34.3 Å². The molecule has 254 valence electrons. The minimum atomic E-state index is -5.30. The fourth-order valence-electron chi connectivity index (χ4n) is 3.95. The number of benzene rings is 3. The number of fused-ring (bicyclic) bond motifs is 1. The van der Waals surface area contributed by atoms with Gasteiger partial charge in [-0.05, 0) is 85.0 Å². The molecular weight excluding hydrogens is 640 g/mol. The second-order valence-corrected chi connectivity index (χ2v) is 10.1. The first-order chi connectivity index (χ1) is 33.4. The van der Waals surface area contributed by atoms with Gasteiger partial charge in [0, 0.05) is 55.7 Å². The van der Waals surface area contributed by atoms with E-state index in [0.29, 0.717) is 13.8 Å². The number of carbonyl (C=O) groups is 1. The number of likely N-dealkylation sites (N-methyl/N-ethyl adjacent to an activating group) is 1. The van der Waals surface area contributed by atoms with E-state index in [-0.39, 0.29) is 14.4 Å². The average molecular weight is 708 g/mol. The van der Waals surface area contributed by atoms with Gasteiger partial charge in [0.25, 0.3) is 5.56 Å². The third kappa shape index (κ3) is 8.54. The number of alkyl halides is 3. The Kier molecular flexibility index (Phi) is 4.68. The number of aromatic nitrogens is 2. The minimum Gasteiger partial charge on any atom is -0.336 e. The summed E-state index contributed by atoms with van der Waals surface area (Å²) in [5.74, 6) is -3.80. The highest BCUT2D eigenvalue weighted by molar-refractivity contribution is 7.98. The van der Waals surface area contributed by atoms with E-state index in [1.807, 2.05) is 0 Å². The zero-order valence-corrected chi connectivity index (χ0v) is 25.8. The summed E-state index contributed by atoms with van der Waals surface area (Å²) in [5.41, 5.74) is -15.6. The number of carbonyl (C=O) groups excluding carboxylic acids is 1. The van der Waals surface area contributed by atoms with Crippen LogP contribution in [0.15, 0.2) is 76.4 Å². The SMILES string of the molecule is [2H]c1c([2H])c(C([2H])([2H])Sc2nc(=O)c3c(n2CC(=O)N(Cc2c([2H])c([2H])c(-c4c([2H])c([2H])c(C(F)(F)F)c(C)c4[2H])c([2H])c2[2H])C([2H])([2H])C([2H])([2H])N(C([2H])([2H])C)C([2H])([2H])C)C([2H])([2H])C([2H])([2H])C3([2H])[2H])c([2H])c([2H])c1F. The van der Waals surface area contributed by atoms with Crippen molar-refractivity contribution in [1.82, 2.24) is 19.4 Å². The summed E-state index contributed by atoms with van der Waals surface area (Å²) in [7, 11) is 0. The standard InChI is InChI=1S/C37H40F4N4O2S/c1-4-43(5-2)19-20-44(22-26-9-13-28(14-10-26)29-15-18-32(25(3)21-29)37(39,40)41)34(46)23-45-33-8-6-7-31(33)35(47)42-36(45)48-24-27-11-16-30(38)17-12-27/h9-18,21H,4-8,19-20,22-24H2,1-3H3/i4D2,5D2,6D2,7D2,8D2,9D,10D,11D,12D,13D,14D,15D,16D,17D,18D,19D2,20D2,21D,24D2. The Hall–Kier alpha value is -3.96. The Balaban J connectivity index is 1.90. The fourth-order valence-corrected chi connectivity index (χ4v) is 4.64. The molecule has 0 aliphatic heterocycles. The average Bonchev–Trinajstić information content (AvgIpc) is 3.34. The van der Waals surface area contributed by atoms with E-state index >= 15 is 4.79 Å². The van der Waals surface area contributed by atoms with E-state index in [1.165, 1.54) is 0 Å². The minimum absolute atomic E-state index is 0.0773. The third-order valence-electron chi connectivity index (χ3n) is 6.22. The summed E-state index contributed by atoms with van der Waals surface area (Å²) in [6, 6.07) is -15.1. The molecule has 11 heteroatoms. The molecule has 0 fully saturated rings. The van der Waals surface area contributed by atoms with Crippen LogP contribution in [-0.4, -0.2) is 51.2 Å². The van der Waals surface area contributed by atoms with Crippen LogP contribution < -0.4 is 5.56 Å². The van der Waals surface area contributed by atoms with Crippen molar-refractivity contribution in [2.45, 2.75) is 70.0 Å². The van der Waals surface area contributed by atoms with Gasteiger partial charge in [-0.1, -0.05) is 73.9 Å². The molecule has 0 saturated carbocycles. The zero-order chi connectivity index (χ0) is 58.3. The van der Waals surface area contributed by atoms with Crippen LogP contribution in [0.2, 0.25) is 0 Å². The smallest absolute Gasteiger partial charge is 0.336 e. The monoisotopic (exact) mass is 707 g/mol. The second-order valence-electron chi connectivity index (χ2n) is 9.36. The van der Waals surface area contributed by atoms with Crippen LogP contribution in [0.5, 0.6) is 0 Å². The lowest BCUT2D eigenvalue weighted by Gasteiger charge is -2.28. The topological polar surface area (TPSA) is 58.4 Å². The maximum Gasteiger partial charge on any atom is 0.416 e. The molecule has 0 N–H and O–H groups in total. The van der Waals surface area contributed by atoms with Gasteiger partial charge >= 0.3 is 6.18 Å². The van der Waals surface area contributed by atoms with Gasteiger partial charge in [-0.3, -0.25) is 9.59 Å². The van der Waals surface area contributed by atoms with Crippen molar-refractivity contribution in [1.29, 1.82) is 0 Å². The van der Waals surface area contributed by atoms with Crippen molar-refractivity contribution in [3.8, 4) is 11.1 Å². The third-order valence-corrected chi connectivity index (χ3v) is 7.02. The highest BCUT2D eigenvalue weighted by Crippen LogP contribution is 2.34. The summed E-state index contributed by atoms with van der Waals surface area (Å²) in [6.45, 7) is -16.9. The quantitative estimate of drug-likeness (QED) is 0.0818. The van der Waals surface area contributed by atoms with Crippen molar-refractivity contribution in [3.63, 3.8) is 0 Å². The molecule has 0 spiro atoms. The van der Waals surface area contributed by atoms with Gasteiger partial charge in [0.1, 0.15) is 12.4 Å². The van der Waals surface area contributed by atoms with Crippen molar-refractivity contribution in [2.75, 3.05) is 26.0 Å². The molecule has 6 nitrogen and oxygen atoms in total. The number of amides is 1. The normalized spacial score (nSPS) is 25.6. The van der Waals surface area contributed by atoms with Crippen LogP contribution in [0.4, 0.5) is 17.6 Å². The number of hydrogen-bond donors (Lipinski definition) is 0. The van der Waals surface area contributed by atoms with E-state index in [0.717, 1.165) is 6.92 Å². The van der Waals surface area contributed by atoms with Crippen molar-refractivity contribution in [2.24, 2.45) is 0 Å². The van der Waals surface area contributed by atoms with Gasteiger partial charge in [0.05, 0.1) is 23.4 Å². The van der Waals surface area contributed by atoms with Crippen molar-refractivity contribution < 1.29 is 59.4 Å². The van der Waals surface area contributed by atoms with E-state index < -0.39 is 215 Å². The maximum atomic E-state index is 15.2. The van der Waals surface area contributed by atoms with Crippen molar-refractivity contribution in [3.05, 3.63) is 116 Å². The molecule has 1 aromatic heterocycles. The lowest BCUT2D eigenvalue weighted by atomic mass is 9.98. The van der Waals surface area contributed by atoms with Gasteiger partial charge < -0.3 is 14.4 Å².